The summed E-state index contributed by atoms with van der Waals surface area (Å²) < 4.78 is 30.4. The standard InChI is InChI=1S/C48H59N13O8/c1-9-60-35(21-28(3)56-60)43-52-27-33-32-23-30(41(49)62)25-37(67-19-13-15-51-47(65)69-48(5,6)7)39(32)58(44(33)54-43)16-11-12-17-59-40-34(24-31(42(50)63)26-38(40)68-20-14-18-66-8)53-46(59)55-45(64)36-22-29(4)57-61(36)10-2/h11-12,21-27H,9-10,13-20H2,1-8H3,(H2,49,62)(H2,50,63)(H,51,65)(H,53,55,64). The maximum atomic E-state index is 13.9. The van der Waals surface area contributed by atoms with Crippen molar-refractivity contribution in [2.75, 3.05) is 38.8 Å². The number of primary amides is 2. The molecule has 0 spiro atoms. The number of aryl methyl sites for hydroxylation is 4. The highest BCUT2D eigenvalue weighted by molar-refractivity contribution is 6.12. The van der Waals surface area contributed by atoms with Crippen LogP contribution in [0.15, 0.2) is 54.7 Å². The summed E-state index contributed by atoms with van der Waals surface area (Å²) in [7, 11) is 1.60. The number of carbonyl (C=O) groups is 4. The van der Waals surface area contributed by atoms with Crippen LogP contribution in [0.25, 0.3) is 44.5 Å². The fraction of sp³-hybridized carbons (Fsp3) is 0.396. The van der Waals surface area contributed by atoms with Crippen LogP contribution in [0.1, 0.15) is 90.1 Å². The Bertz CT molecular complexity index is 3080. The molecule has 0 unspecified atom stereocenters. The van der Waals surface area contributed by atoms with E-state index in [4.69, 9.17) is 45.4 Å². The van der Waals surface area contributed by atoms with E-state index in [1.165, 1.54) is 0 Å². The molecule has 0 saturated carbocycles. The minimum absolute atomic E-state index is 0.171. The first-order chi connectivity index (χ1) is 33.0. The third-order valence-corrected chi connectivity index (χ3v) is 10.9. The van der Waals surface area contributed by atoms with E-state index >= 15 is 0 Å². The highest BCUT2D eigenvalue weighted by atomic mass is 16.6. The normalized spacial score (nSPS) is 11.8. The largest absolute Gasteiger partial charge is 0.491 e. The Morgan fingerprint density at radius 1 is 0.754 bits per heavy atom. The fourth-order valence-corrected chi connectivity index (χ4v) is 7.88. The van der Waals surface area contributed by atoms with Crippen LogP contribution in [0, 0.1) is 13.8 Å². The molecule has 7 aromatic rings. The number of hydrogen-bond acceptors (Lipinski definition) is 13. The summed E-state index contributed by atoms with van der Waals surface area (Å²) in [5.74, 6) is -0.400. The summed E-state index contributed by atoms with van der Waals surface area (Å²) in [5, 5.41) is 16.1. The van der Waals surface area contributed by atoms with E-state index in [9.17, 15) is 19.2 Å². The van der Waals surface area contributed by atoms with Gasteiger partial charge in [0.05, 0.1) is 35.6 Å². The number of ether oxygens (including phenoxy) is 4. The second kappa shape index (κ2) is 21.0. The first kappa shape index (κ1) is 49.1. The van der Waals surface area contributed by atoms with Gasteiger partial charge in [0.15, 0.2) is 5.82 Å². The van der Waals surface area contributed by atoms with Crippen molar-refractivity contribution in [1.29, 1.82) is 0 Å². The number of hydrogen-bond donors (Lipinski definition) is 4. The number of nitrogens with one attached hydrogen (secondary N) is 2. The van der Waals surface area contributed by atoms with Gasteiger partial charge in [-0.3, -0.25) is 29.1 Å². The van der Waals surface area contributed by atoms with Crippen LogP contribution in [0.3, 0.4) is 0 Å². The Labute approximate surface area is 398 Å². The molecule has 69 heavy (non-hydrogen) atoms. The number of imidazole rings is 1. The van der Waals surface area contributed by atoms with Crippen molar-refractivity contribution in [1.82, 2.24) is 49.0 Å². The molecule has 5 heterocycles. The van der Waals surface area contributed by atoms with Gasteiger partial charge in [-0.1, -0.05) is 12.2 Å². The Morgan fingerprint density at radius 2 is 1.39 bits per heavy atom. The number of rotatable bonds is 21. The Kier molecular flexibility index (Phi) is 15.0. The lowest BCUT2D eigenvalue weighted by Crippen LogP contribution is -2.33. The lowest BCUT2D eigenvalue weighted by Gasteiger charge is -2.19. The van der Waals surface area contributed by atoms with Crippen LogP contribution in [0.5, 0.6) is 11.5 Å². The zero-order valence-corrected chi connectivity index (χ0v) is 40.2. The second-order valence-electron chi connectivity index (χ2n) is 17.3. The summed E-state index contributed by atoms with van der Waals surface area (Å²) >= 11 is 0. The SMILES string of the molecule is CCn1nc(C)cc1C(=O)Nc1nc2cc(C(N)=O)cc(OCCCOC)c2n1CC=CCn1c2nc(-c3cc(C)nn3CC)ncc2c2cc(C(N)=O)cc(OCCCNC(=O)OC(C)(C)C)c21. The molecule has 364 valence electrons. The average Bonchev–Trinajstić information content (AvgIpc) is 4.06. The summed E-state index contributed by atoms with van der Waals surface area (Å²) in [5.41, 5.74) is 16.0. The molecule has 4 amide bonds. The molecule has 0 bridgehead atoms. The van der Waals surface area contributed by atoms with Crippen LogP contribution in [0.2, 0.25) is 0 Å². The van der Waals surface area contributed by atoms with E-state index < -0.39 is 29.4 Å². The maximum absolute atomic E-state index is 13.9. The summed E-state index contributed by atoms with van der Waals surface area (Å²) in [6.07, 6.45) is 6.00. The molecular formula is C48H59N13O8. The van der Waals surface area contributed by atoms with Crippen molar-refractivity contribution in [2.45, 2.75) is 93.1 Å². The molecule has 0 aliphatic heterocycles. The number of allylic oxidation sites excluding steroid dienone is 2. The van der Waals surface area contributed by atoms with Crippen molar-refractivity contribution < 1.29 is 38.1 Å². The monoisotopic (exact) mass is 945 g/mol. The first-order valence-corrected chi connectivity index (χ1v) is 22.7. The van der Waals surface area contributed by atoms with Crippen LogP contribution >= 0.6 is 0 Å². The van der Waals surface area contributed by atoms with E-state index in [1.807, 2.05) is 55.2 Å². The smallest absolute Gasteiger partial charge is 0.407 e. The number of anilines is 1. The van der Waals surface area contributed by atoms with Gasteiger partial charge in [-0.2, -0.15) is 10.2 Å². The lowest BCUT2D eigenvalue weighted by molar-refractivity contribution is 0.0525. The third kappa shape index (κ3) is 11.2. The molecule has 5 aromatic heterocycles. The predicted octanol–water partition coefficient (Wildman–Crippen LogP) is 6.07. The number of carbonyl (C=O) groups excluding carboxylic acids is 4. The van der Waals surface area contributed by atoms with Crippen molar-refractivity contribution >= 4 is 62.7 Å². The molecule has 0 radical (unpaired) electrons. The van der Waals surface area contributed by atoms with Gasteiger partial charge in [0.1, 0.15) is 39.7 Å². The van der Waals surface area contributed by atoms with Gasteiger partial charge in [-0.05, 0) is 91.3 Å². The Hall–Kier alpha value is -7.81. The predicted molar refractivity (Wildman–Crippen MR) is 260 cm³/mol. The van der Waals surface area contributed by atoms with Gasteiger partial charge in [-0.15, -0.1) is 0 Å². The molecule has 21 nitrogen and oxygen atoms in total. The molecule has 0 saturated heterocycles. The lowest BCUT2D eigenvalue weighted by atomic mass is 10.1. The average molecular weight is 946 g/mol. The summed E-state index contributed by atoms with van der Waals surface area (Å²) in [6.45, 7) is 15.6. The van der Waals surface area contributed by atoms with Gasteiger partial charge in [0.25, 0.3) is 5.91 Å². The highest BCUT2D eigenvalue weighted by Gasteiger charge is 2.24. The molecule has 0 fully saturated rings. The quantitative estimate of drug-likeness (QED) is 0.0472. The van der Waals surface area contributed by atoms with E-state index in [-0.39, 0.29) is 49.9 Å². The fourth-order valence-electron chi connectivity index (χ4n) is 7.88. The van der Waals surface area contributed by atoms with Gasteiger partial charge in [0, 0.05) is 81.0 Å². The maximum Gasteiger partial charge on any atom is 0.407 e. The van der Waals surface area contributed by atoms with Gasteiger partial charge in [-0.25, -0.2) is 19.7 Å². The minimum Gasteiger partial charge on any atom is -0.491 e. The number of aromatic nitrogens is 9. The molecule has 2 aromatic carbocycles. The van der Waals surface area contributed by atoms with E-state index in [1.54, 1.807) is 73.7 Å². The Morgan fingerprint density at radius 3 is 2.06 bits per heavy atom. The molecule has 6 N–H and O–H groups in total. The van der Waals surface area contributed by atoms with Crippen molar-refractivity contribution in [3.63, 3.8) is 0 Å². The zero-order chi connectivity index (χ0) is 49.6. The molecular weight excluding hydrogens is 887 g/mol. The highest BCUT2D eigenvalue weighted by Crippen LogP contribution is 2.37. The van der Waals surface area contributed by atoms with Crippen molar-refractivity contribution in [2.24, 2.45) is 11.5 Å². The molecule has 0 aliphatic carbocycles. The molecule has 21 heteroatoms. The molecule has 7 rings (SSSR count). The molecule has 0 atom stereocenters. The summed E-state index contributed by atoms with van der Waals surface area (Å²) in [4.78, 5) is 66.2. The van der Waals surface area contributed by atoms with Crippen LogP contribution < -0.4 is 31.6 Å². The van der Waals surface area contributed by atoms with Crippen LogP contribution in [0.4, 0.5) is 10.7 Å². The van der Waals surface area contributed by atoms with Crippen LogP contribution in [-0.2, 0) is 35.7 Å². The zero-order valence-electron chi connectivity index (χ0n) is 40.2. The van der Waals surface area contributed by atoms with E-state index in [0.717, 1.165) is 11.4 Å². The number of amides is 4. The topological polar surface area (TPSA) is 265 Å². The number of methoxy groups -OCH3 is 1. The van der Waals surface area contributed by atoms with Crippen molar-refractivity contribution in [3.8, 4) is 23.0 Å². The third-order valence-electron chi connectivity index (χ3n) is 10.9. The van der Waals surface area contributed by atoms with Crippen LogP contribution in [-0.4, -0.2) is 107 Å². The number of nitrogens with two attached hydrogens (primary N) is 2. The van der Waals surface area contributed by atoms with Gasteiger partial charge < -0.3 is 44.9 Å². The summed E-state index contributed by atoms with van der Waals surface area (Å²) in [6, 6.07) is 10.1. The van der Waals surface area contributed by atoms with Crippen molar-refractivity contribution in [3.05, 3.63) is 83.0 Å². The number of benzene rings is 2. The molecule has 0 aliphatic rings. The minimum atomic E-state index is -0.669. The number of nitrogens with zero attached hydrogens (tertiary/aromatic N) is 9. The van der Waals surface area contributed by atoms with Gasteiger partial charge in [0.2, 0.25) is 17.8 Å². The second-order valence-corrected chi connectivity index (χ2v) is 17.3. The van der Waals surface area contributed by atoms with Gasteiger partial charge >= 0.3 is 6.09 Å². The number of alkyl carbamates (subject to hydrolysis) is 1. The van der Waals surface area contributed by atoms with E-state index in [0.29, 0.717) is 94.2 Å². The van der Waals surface area contributed by atoms with E-state index in [2.05, 4.69) is 20.8 Å². The number of fused-ring (bicyclic) bond motifs is 4. The Balaban J connectivity index is 1.31. The first-order valence-electron chi connectivity index (χ1n) is 22.7.